The highest BCUT2D eigenvalue weighted by Crippen LogP contribution is 2.29. The zero-order valence-electron chi connectivity index (χ0n) is 12.7. The van der Waals surface area contributed by atoms with Crippen LogP contribution < -0.4 is 10.1 Å². The van der Waals surface area contributed by atoms with Crippen molar-refractivity contribution in [3.05, 3.63) is 72.4 Å². The number of ether oxygens (including phenoxy) is 1. The molecule has 4 heteroatoms. The summed E-state index contributed by atoms with van der Waals surface area (Å²) >= 11 is 0. The lowest BCUT2D eigenvalue weighted by atomic mass is 10.1. The zero-order chi connectivity index (χ0) is 16.1. The molecule has 23 heavy (non-hydrogen) atoms. The van der Waals surface area contributed by atoms with E-state index in [1.54, 1.807) is 25.4 Å². The molecule has 0 fully saturated rings. The number of fused-ring (bicyclic) bond motifs is 1. The van der Waals surface area contributed by atoms with Gasteiger partial charge in [0.25, 0.3) is 0 Å². The smallest absolute Gasteiger partial charge is 0.248 e. The van der Waals surface area contributed by atoms with E-state index in [-0.39, 0.29) is 5.91 Å². The first-order chi connectivity index (χ1) is 11.3. The summed E-state index contributed by atoms with van der Waals surface area (Å²) in [6, 6.07) is 17.0. The Balaban J connectivity index is 1.84. The molecule has 0 saturated heterocycles. The third-order valence-electron chi connectivity index (χ3n) is 3.44. The lowest BCUT2D eigenvalue weighted by Crippen LogP contribution is -2.08. The van der Waals surface area contributed by atoms with Gasteiger partial charge >= 0.3 is 0 Å². The molecule has 0 aliphatic heterocycles. The molecule has 0 bridgehead atoms. The predicted octanol–water partition coefficient (Wildman–Crippen LogP) is 3.90. The number of carbonyl (C=O) groups is 1. The van der Waals surface area contributed by atoms with E-state index in [2.05, 4.69) is 10.3 Å². The number of hydrogen-bond donors (Lipinski definition) is 1. The Kier molecular flexibility index (Phi) is 4.34. The van der Waals surface area contributed by atoms with Crippen molar-refractivity contribution in [3.63, 3.8) is 0 Å². The van der Waals surface area contributed by atoms with E-state index in [4.69, 9.17) is 4.74 Å². The van der Waals surface area contributed by atoms with Gasteiger partial charge in [0.15, 0.2) is 0 Å². The van der Waals surface area contributed by atoms with Crippen LogP contribution in [-0.4, -0.2) is 18.0 Å². The van der Waals surface area contributed by atoms with Crippen LogP contribution >= 0.6 is 0 Å². The fourth-order valence-electron chi connectivity index (χ4n) is 2.33. The Hall–Kier alpha value is -3.14. The van der Waals surface area contributed by atoms with E-state index in [9.17, 15) is 4.79 Å². The van der Waals surface area contributed by atoms with Crippen LogP contribution in [0.1, 0.15) is 5.56 Å². The lowest BCUT2D eigenvalue weighted by Gasteiger charge is -2.09. The van der Waals surface area contributed by atoms with Gasteiger partial charge in [-0.05, 0) is 35.9 Å². The first-order valence-corrected chi connectivity index (χ1v) is 7.24. The molecule has 114 valence electrons. The van der Waals surface area contributed by atoms with Crippen LogP contribution in [0, 0.1) is 0 Å². The number of methoxy groups -OCH3 is 1. The van der Waals surface area contributed by atoms with E-state index in [1.807, 2.05) is 48.5 Å². The normalized spacial score (nSPS) is 10.8. The summed E-state index contributed by atoms with van der Waals surface area (Å²) in [5.41, 5.74) is 2.40. The molecule has 0 unspecified atom stereocenters. The molecule has 1 N–H and O–H groups in total. The fourth-order valence-corrected chi connectivity index (χ4v) is 2.33. The number of hydrogen-bond acceptors (Lipinski definition) is 3. The summed E-state index contributed by atoms with van der Waals surface area (Å²) in [5.74, 6) is 0.489. The Morgan fingerprint density at radius 1 is 1.09 bits per heavy atom. The van der Waals surface area contributed by atoms with Crippen LogP contribution in [0.5, 0.6) is 5.75 Å². The summed E-state index contributed by atoms with van der Waals surface area (Å²) < 4.78 is 5.30. The Labute approximate surface area is 134 Å². The van der Waals surface area contributed by atoms with Crippen LogP contribution in [0.2, 0.25) is 0 Å². The number of aromatic nitrogens is 1. The standard InChI is InChI=1S/C19H16N2O2/c1-23-17-11-10-16(15-8-5-13-20-19(15)17)21-18(22)12-9-14-6-3-2-4-7-14/h2-13H,1H3,(H,21,22)/b12-9+. The van der Waals surface area contributed by atoms with E-state index in [0.29, 0.717) is 11.4 Å². The molecule has 0 aliphatic carbocycles. The highest BCUT2D eigenvalue weighted by molar-refractivity contribution is 6.07. The van der Waals surface area contributed by atoms with Gasteiger partial charge < -0.3 is 10.1 Å². The first kappa shape index (κ1) is 14.8. The molecule has 0 spiro atoms. The van der Waals surface area contributed by atoms with Crippen LogP contribution in [0.15, 0.2) is 66.9 Å². The van der Waals surface area contributed by atoms with E-state index in [0.717, 1.165) is 16.5 Å². The van der Waals surface area contributed by atoms with Crippen molar-refractivity contribution in [2.75, 3.05) is 12.4 Å². The van der Waals surface area contributed by atoms with Gasteiger partial charge in [-0.25, -0.2) is 0 Å². The maximum absolute atomic E-state index is 12.1. The van der Waals surface area contributed by atoms with Crippen molar-refractivity contribution < 1.29 is 9.53 Å². The third-order valence-corrected chi connectivity index (χ3v) is 3.44. The summed E-state index contributed by atoms with van der Waals surface area (Å²) in [5, 5.41) is 3.73. The largest absolute Gasteiger partial charge is 0.494 e. The van der Waals surface area contributed by atoms with E-state index >= 15 is 0 Å². The lowest BCUT2D eigenvalue weighted by molar-refractivity contribution is -0.111. The summed E-state index contributed by atoms with van der Waals surface area (Å²) in [7, 11) is 1.60. The topological polar surface area (TPSA) is 51.2 Å². The van der Waals surface area contributed by atoms with Crippen LogP contribution in [0.25, 0.3) is 17.0 Å². The second kappa shape index (κ2) is 6.75. The molecule has 0 saturated carbocycles. The molecule has 1 aromatic heterocycles. The fraction of sp³-hybridized carbons (Fsp3) is 0.0526. The van der Waals surface area contributed by atoms with E-state index in [1.165, 1.54) is 6.08 Å². The quantitative estimate of drug-likeness (QED) is 0.744. The predicted molar refractivity (Wildman–Crippen MR) is 92.4 cm³/mol. The number of anilines is 1. The highest BCUT2D eigenvalue weighted by atomic mass is 16.5. The van der Waals surface area contributed by atoms with Gasteiger partial charge in [0, 0.05) is 17.7 Å². The van der Waals surface area contributed by atoms with Crippen molar-refractivity contribution in [3.8, 4) is 5.75 Å². The number of nitrogens with zero attached hydrogens (tertiary/aromatic N) is 1. The molecule has 0 radical (unpaired) electrons. The van der Waals surface area contributed by atoms with Gasteiger partial charge in [-0.15, -0.1) is 0 Å². The SMILES string of the molecule is COc1ccc(NC(=O)/C=C/c2ccccc2)c2cccnc12. The minimum absolute atomic E-state index is 0.191. The maximum Gasteiger partial charge on any atom is 0.248 e. The van der Waals surface area contributed by atoms with Crippen molar-refractivity contribution in [2.24, 2.45) is 0 Å². The number of pyridine rings is 1. The van der Waals surface area contributed by atoms with Gasteiger partial charge in [0.2, 0.25) is 5.91 Å². The van der Waals surface area contributed by atoms with Gasteiger partial charge in [-0.3, -0.25) is 9.78 Å². The Morgan fingerprint density at radius 2 is 1.91 bits per heavy atom. The highest BCUT2D eigenvalue weighted by Gasteiger charge is 2.08. The molecular weight excluding hydrogens is 288 g/mol. The third kappa shape index (κ3) is 3.37. The average Bonchev–Trinajstić information content (AvgIpc) is 2.61. The van der Waals surface area contributed by atoms with Crippen LogP contribution in [0.4, 0.5) is 5.69 Å². The minimum Gasteiger partial charge on any atom is -0.494 e. The molecule has 3 aromatic rings. The van der Waals surface area contributed by atoms with Crippen LogP contribution in [0.3, 0.4) is 0 Å². The van der Waals surface area contributed by atoms with Crippen molar-refractivity contribution in [1.82, 2.24) is 4.98 Å². The number of amides is 1. The monoisotopic (exact) mass is 304 g/mol. The molecule has 0 atom stereocenters. The molecule has 0 aliphatic rings. The number of nitrogens with one attached hydrogen (secondary N) is 1. The van der Waals surface area contributed by atoms with Gasteiger partial charge in [-0.2, -0.15) is 0 Å². The zero-order valence-corrected chi connectivity index (χ0v) is 12.7. The molecule has 2 aromatic carbocycles. The van der Waals surface area contributed by atoms with Gasteiger partial charge in [0.1, 0.15) is 11.3 Å². The molecule has 3 rings (SSSR count). The van der Waals surface area contributed by atoms with Crippen LogP contribution in [-0.2, 0) is 4.79 Å². The first-order valence-electron chi connectivity index (χ1n) is 7.24. The molecule has 4 nitrogen and oxygen atoms in total. The second-order valence-electron chi connectivity index (χ2n) is 4.95. The van der Waals surface area contributed by atoms with Crippen molar-refractivity contribution in [2.45, 2.75) is 0 Å². The average molecular weight is 304 g/mol. The number of carbonyl (C=O) groups excluding carboxylic acids is 1. The molecular formula is C19H16N2O2. The van der Waals surface area contributed by atoms with E-state index < -0.39 is 0 Å². The van der Waals surface area contributed by atoms with Gasteiger partial charge in [0.05, 0.1) is 12.8 Å². The molecule has 1 amide bonds. The van der Waals surface area contributed by atoms with Crippen molar-refractivity contribution in [1.29, 1.82) is 0 Å². The number of rotatable bonds is 4. The second-order valence-corrected chi connectivity index (χ2v) is 4.95. The van der Waals surface area contributed by atoms with Crippen molar-refractivity contribution >= 4 is 28.6 Å². The maximum atomic E-state index is 12.1. The summed E-state index contributed by atoms with van der Waals surface area (Å²) in [6.45, 7) is 0. The Bertz CT molecular complexity index is 858. The Morgan fingerprint density at radius 3 is 2.70 bits per heavy atom. The minimum atomic E-state index is -0.191. The summed E-state index contributed by atoms with van der Waals surface area (Å²) in [4.78, 5) is 16.5. The molecule has 1 heterocycles. The van der Waals surface area contributed by atoms with Gasteiger partial charge in [-0.1, -0.05) is 30.3 Å². The number of benzene rings is 2. The summed E-state index contributed by atoms with van der Waals surface area (Å²) in [6.07, 6.45) is 4.99.